The van der Waals surface area contributed by atoms with Gasteiger partial charge in [-0.2, -0.15) is 5.26 Å². The number of rotatable bonds is 6. The van der Waals surface area contributed by atoms with Crippen molar-refractivity contribution < 1.29 is 4.74 Å². The van der Waals surface area contributed by atoms with Crippen molar-refractivity contribution in [1.29, 1.82) is 10.7 Å². The third-order valence-corrected chi connectivity index (χ3v) is 6.13. The molecule has 3 rings (SSSR count). The monoisotopic (exact) mass is 393 g/mol. The lowest BCUT2D eigenvalue weighted by atomic mass is 9.88. The van der Waals surface area contributed by atoms with Crippen LogP contribution >= 0.6 is 11.8 Å². The molecule has 146 valence electrons. The molecule has 2 aromatic carbocycles. The third-order valence-electron chi connectivity index (χ3n) is 4.94. The van der Waals surface area contributed by atoms with E-state index in [2.05, 4.69) is 29.6 Å². The average Bonchev–Trinajstić information content (AvgIpc) is 2.71. The molecule has 1 atom stereocenters. The summed E-state index contributed by atoms with van der Waals surface area (Å²) >= 11 is 1.48. The minimum atomic E-state index is 0.00436. The molecule has 0 spiro atoms. The topological polar surface area (TPSA) is 68.9 Å². The summed E-state index contributed by atoms with van der Waals surface area (Å²) in [6.07, 6.45) is 4.74. The van der Waals surface area contributed by atoms with Crippen LogP contribution in [0, 0.1) is 16.7 Å². The molecular formula is C23H27N3OS. The largest absolute Gasteiger partial charge is 0.490 e. The summed E-state index contributed by atoms with van der Waals surface area (Å²) in [5, 5.41) is 21.9. The van der Waals surface area contributed by atoms with E-state index in [1.165, 1.54) is 41.3 Å². The fourth-order valence-electron chi connectivity index (χ4n) is 3.64. The number of nitrogens with zero attached hydrogens (tertiary/aromatic N) is 1. The lowest BCUT2D eigenvalue weighted by Crippen LogP contribution is -2.19. The highest BCUT2D eigenvalue weighted by molar-refractivity contribution is 8.14. The Labute approximate surface area is 171 Å². The molecule has 0 aliphatic heterocycles. The smallest absolute Gasteiger partial charge is 0.137 e. The first-order valence-electron chi connectivity index (χ1n) is 9.77. The number of nitriles is 1. The maximum absolute atomic E-state index is 9.46. The molecule has 0 heterocycles. The van der Waals surface area contributed by atoms with E-state index in [1.54, 1.807) is 12.1 Å². The first kappa shape index (κ1) is 20.4. The zero-order chi connectivity index (χ0) is 20.1. The maximum Gasteiger partial charge on any atom is 0.137 e. The first-order chi connectivity index (χ1) is 13.5. The van der Waals surface area contributed by atoms with Crippen molar-refractivity contribution >= 4 is 16.8 Å². The summed E-state index contributed by atoms with van der Waals surface area (Å²) in [5.41, 5.74) is 5.36. The van der Waals surface area contributed by atoms with Crippen molar-refractivity contribution in [2.75, 3.05) is 7.05 Å². The second-order valence-corrected chi connectivity index (χ2v) is 8.41. The normalized spacial score (nSPS) is 14.2. The van der Waals surface area contributed by atoms with Crippen molar-refractivity contribution in [3.05, 3.63) is 64.2 Å². The van der Waals surface area contributed by atoms with Gasteiger partial charge in [0.1, 0.15) is 11.8 Å². The summed E-state index contributed by atoms with van der Waals surface area (Å²) in [4.78, 5) is 0. The average molecular weight is 394 g/mol. The number of hydrogen-bond donors (Lipinski definition) is 2. The van der Waals surface area contributed by atoms with Gasteiger partial charge in [0.2, 0.25) is 0 Å². The van der Waals surface area contributed by atoms with Gasteiger partial charge in [0.25, 0.3) is 0 Å². The molecule has 1 unspecified atom stereocenters. The van der Waals surface area contributed by atoms with Crippen LogP contribution in [0.3, 0.4) is 0 Å². The number of nitrogens with one attached hydrogen (secondary N) is 2. The molecule has 28 heavy (non-hydrogen) atoms. The number of thioether (sulfide) groups is 1. The van der Waals surface area contributed by atoms with Crippen LogP contribution in [-0.4, -0.2) is 18.2 Å². The van der Waals surface area contributed by atoms with E-state index < -0.39 is 0 Å². The Balaban J connectivity index is 1.83. The molecule has 2 N–H and O–H groups in total. The summed E-state index contributed by atoms with van der Waals surface area (Å²) in [6, 6.07) is 14.1. The Bertz CT molecular complexity index is 901. The van der Waals surface area contributed by atoms with E-state index in [-0.39, 0.29) is 11.5 Å². The maximum atomic E-state index is 9.46. The van der Waals surface area contributed by atoms with E-state index in [4.69, 9.17) is 10.1 Å². The molecule has 0 fully saturated rings. The van der Waals surface area contributed by atoms with Crippen LogP contribution in [-0.2, 0) is 12.8 Å². The number of benzene rings is 2. The van der Waals surface area contributed by atoms with E-state index in [9.17, 15) is 5.26 Å². The molecule has 0 bridgehead atoms. The van der Waals surface area contributed by atoms with E-state index >= 15 is 0 Å². The number of ether oxygens (including phenoxy) is 1. The highest BCUT2D eigenvalue weighted by atomic mass is 32.2. The second kappa shape index (κ2) is 9.27. The SMILES string of the molecule is CNC(SC(=N)c1ccc(OC(C)C)c(C#N)c1)c1cccc2c1CCCC2. The summed E-state index contributed by atoms with van der Waals surface area (Å²) in [5.74, 6) is 0.571. The molecule has 0 amide bonds. The summed E-state index contributed by atoms with van der Waals surface area (Å²) in [7, 11) is 1.94. The highest BCUT2D eigenvalue weighted by Crippen LogP contribution is 2.35. The van der Waals surface area contributed by atoms with E-state index in [0.29, 0.717) is 16.4 Å². The Morgan fingerprint density at radius 2 is 2.00 bits per heavy atom. The van der Waals surface area contributed by atoms with Gasteiger partial charge < -0.3 is 10.1 Å². The highest BCUT2D eigenvalue weighted by Gasteiger charge is 2.21. The van der Waals surface area contributed by atoms with Crippen molar-refractivity contribution in [3.63, 3.8) is 0 Å². The Kier molecular flexibility index (Phi) is 6.77. The van der Waals surface area contributed by atoms with Crippen LogP contribution < -0.4 is 10.1 Å². The van der Waals surface area contributed by atoms with Gasteiger partial charge >= 0.3 is 0 Å². The molecule has 2 aromatic rings. The van der Waals surface area contributed by atoms with E-state index in [1.807, 2.05) is 27.0 Å². The molecular weight excluding hydrogens is 366 g/mol. The fourth-order valence-corrected chi connectivity index (χ4v) is 4.60. The van der Waals surface area contributed by atoms with Gasteiger partial charge in [-0.1, -0.05) is 30.0 Å². The van der Waals surface area contributed by atoms with Crippen molar-refractivity contribution in [2.24, 2.45) is 0 Å². The van der Waals surface area contributed by atoms with Crippen LogP contribution in [0.25, 0.3) is 0 Å². The van der Waals surface area contributed by atoms with Crippen molar-refractivity contribution in [1.82, 2.24) is 5.32 Å². The lowest BCUT2D eigenvalue weighted by molar-refractivity contribution is 0.241. The predicted octanol–water partition coefficient (Wildman–Crippen LogP) is 5.20. The van der Waals surface area contributed by atoms with Gasteiger partial charge in [0.05, 0.1) is 22.1 Å². The standard InChI is InChI=1S/C23H27N3OS/c1-15(2)27-21-12-11-17(13-18(21)14-24)22(25)28-23(26-3)20-10-6-8-16-7-4-5-9-19(16)20/h6,8,10-13,15,23,25-26H,4-5,7,9H2,1-3H3. The molecule has 1 aliphatic rings. The van der Waals surface area contributed by atoms with Gasteiger partial charge in [0.15, 0.2) is 0 Å². The molecule has 0 radical (unpaired) electrons. The quantitative estimate of drug-likeness (QED) is 0.402. The first-order valence-corrected chi connectivity index (χ1v) is 10.7. The molecule has 5 heteroatoms. The van der Waals surface area contributed by atoms with Crippen molar-refractivity contribution in [2.45, 2.75) is 51.0 Å². The zero-order valence-electron chi connectivity index (χ0n) is 16.7. The Hall–Kier alpha value is -2.29. The molecule has 4 nitrogen and oxygen atoms in total. The predicted molar refractivity (Wildman–Crippen MR) is 116 cm³/mol. The molecule has 1 aliphatic carbocycles. The summed E-state index contributed by atoms with van der Waals surface area (Å²) < 4.78 is 5.69. The zero-order valence-corrected chi connectivity index (χ0v) is 17.5. The second-order valence-electron chi connectivity index (χ2n) is 7.30. The molecule has 0 saturated carbocycles. The van der Waals surface area contributed by atoms with Crippen LogP contribution in [0.5, 0.6) is 5.75 Å². The van der Waals surface area contributed by atoms with Gasteiger partial charge in [-0.15, -0.1) is 0 Å². The number of aryl methyl sites for hydroxylation is 1. The van der Waals surface area contributed by atoms with Gasteiger partial charge in [-0.25, -0.2) is 0 Å². The van der Waals surface area contributed by atoms with Crippen LogP contribution in [0.2, 0.25) is 0 Å². The number of fused-ring (bicyclic) bond motifs is 1. The molecule has 0 aromatic heterocycles. The fraction of sp³-hybridized carbons (Fsp3) is 0.391. The van der Waals surface area contributed by atoms with Crippen molar-refractivity contribution in [3.8, 4) is 11.8 Å². The minimum absolute atomic E-state index is 0.00436. The Morgan fingerprint density at radius 3 is 2.71 bits per heavy atom. The molecule has 0 saturated heterocycles. The van der Waals surface area contributed by atoms with Crippen LogP contribution in [0.15, 0.2) is 36.4 Å². The Morgan fingerprint density at radius 1 is 1.21 bits per heavy atom. The third kappa shape index (κ3) is 4.57. The number of hydrogen-bond acceptors (Lipinski definition) is 5. The van der Waals surface area contributed by atoms with Gasteiger partial charge in [-0.3, -0.25) is 5.41 Å². The summed E-state index contributed by atoms with van der Waals surface area (Å²) in [6.45, 7) is 3.87. The van der Waals surface area contributed by atoms with Gasteiger partial charge in [-0.05, 0) is 81.5 Å². The minimum Gasteiger partial charge on any atom is -0.490 e. The van der Waals surface area contributed by atoms with E-state index in [0.717, 1.165) is 18.4 Å². The van der Waals surface area contributed by atoms with Gasteiger partial charge in [0, 0.05) is 5.56 Å². The van der Waals surface area contributed by atoms with Crippen LogP contribution in [0.1, 0.15) is 59.9 Å². The van der Waals surface area contributed by atoms with Crippen LogP contribution in [0.4, 0.5) is 0 Å². The lowest BCUT2D eigenvalue weighted by Gasteiger charge is -2.24.